The topological polar surface area (TPSA) is 67.9 Å². The van der Waals surface area contributed by atoms with Crippen molar-refractivity contribution >= 4 is 11.7 Å². The van der Waals surface area contributed by atoms with E-state index in [-0.39, 0.29) is 33.8 Å². The van der Waals surface area contributed by atoms with Crippen molar-refractivity contribution in [2.75, 3.05) is 34.0 Å². The number of amides is 1. The van der Waals surface area contributed by atoms with Gasteiger partial charge in [0.15, 0.2) is 11.5 Å². The third-order valence-electron chi connectivity index (χ3n) is 7.44. The Labute approximate surface area is 239 Å². The van der Waals surface area contributed by atoms with E-state index in [1.807, 2.05) is 25.1 Å². The van der Waals surface area contributed by atoms with E-state index < -0.39 is 17.2 Å². The standard InChI is InChI=1S/C31H31F3N2O4.CH4.H2/c1-36(2)13-3-12-35-29(38)22-6-4-21(5-7-22)23-14-20(15-25(17-23)31(32,33)34)16-28(37)30(10-11-30)24-8-9-26-27(18-24)40-19-39-26;;/h4-9,14-15,17-18H,3,10-13,16,19H2,1-2H3,(H,35,38);1H4;1H. The first-order valence-corrected chi connectivity index (χ1v) is 13.2. The molecular weight excluding hydrogens is 533 g/mol. The highest BCUT2D eigenvalue weighted by molar-refractivity contribution is 5.95. The van der Waals surface area contributed by atoms with Crippen LogP contribution in [0.3, 0.4) is 0 Å². The molecular formula is C32H37F3N2O4. The summed E-state index contributed by atoms with van der Waals surface area (Å²) in [5, 5.41) is 2.85. The Bertz CT molecular complexity index is 1420. The number of benzene rings is 3. The molecule has 1 amide bonds. The second-order valence-electron chi connectivity index (χ2n) is 10.7. The monoisotopic (exact) mass is 570 g/mol. The SMILES string of the molecule is C.CN(C)CCCNC(=O)c1ccc(-c2cc(CC(=O)C3(c4ccc5c(c4)OCO5)CC3)cc(C(F)(F)F)c2)cc1.[HH]. The van der Waals surface area contributed by atoms with Crippen molar-refractivity contribution in [1.29, 1.82) is 0 Å². The van der Waals surface area contributed by atoms with E-state index in [1.54, 1.807) is 42.5 Å². The van der Waals surface area contributed by atoms with Crippen molar-refractivity contribution in [2.24, 2.45) is 0 Å². The van der Waals surface area contributed by atoms with Gasteiger partial charge in [-0.05, 0) is 98.6 Å². The van der Waals surface area contributed by atoms with Crippen LogP contribution in [0, 0.1) is 0 Å². The number of carbonyl (C=O) groups is 2. The molecule has 3 aromatic carbocycles. The number of ether oxygens (including phenoxy) is 2. The fourth-order valence-electron chi connectivity index (χ4n) is 5.04. The molecule has 41 heavy (non-hydrogen) atoms. The first-order chi connectivity index (χ1) is 19.0. The lowest BCUT2D eigenvalue weighted by Crippen LogP contribution is -2.27. The number of fused-ring (bicyclic) bond motifs is 1. The van der Waals surface area contributed by atoms with Gasteiger partial charge in [0.25, 0.3) is 5.91 Å². The number of nitrogens with zero attached hydrogens (tertiary/aromatic N) is 1. The summed E-state index contributed by atoms with van der Waals surface area (Å²) in [5.41, 5.74) is 0.842. The van der Waals surface area contributed by atoms with Crippen LogP contribution < -0.4 is 14.8 Å². The predicted octanol–water partition coefficient (Wildman–Crippen LogP) is 6.51. The molecule has 0 radical (unpaired) electrons. The largest absolute Gasteiger partial charge is 0.454 e. The normalized spacial score (nSPS) is 14.9. The van der Waals surface area contributed by atoms with Crippen LogP contribution in [0.25, 0.3) is 11.1 Å². The molecule has 0 atom stereocenters. The molecule has 0 aromatic heterocycles. The molecule has 0 spiro atoms. The maximum atomic E-state index is 13.8. The summed E-state index contributed by atoms with van der Waals surface area (Å²) in [7, 11) is 3.91. The fraction of sp³-hybridized carbons (Fsp3) is 0.375. The van der Waals surface area contributed by atoms with Crippen LogP contribution in [0.4, 0.5) is 13.2 Å². The number of Topliss-reactive ketones (excluding diaryl/α,β-unsaturated/α-hetero) is 1. The molecule has 1 aliphatic heterocycles. The van der Waals surface area contributed by atoms with Crippen LogP contribution in [0.1, 0.15) is 55.2 Å². The molecule has 0 saturated heterocycles. The summed E-state index contributed by atoms with van der Waals surface area (Å²) in [6.07, 6.45) is -2.63. The molecule has 220 valence electrons. The van der Waals surface area contributed by atoms with Gasteiger partial charge in [0.05, 0.1) is 11.0 Å². The van der Waals surface area contributed by atoms with Gasteiger partial charge < -0.3 is 19.7 Å². The summed E-state index contributed by atoms with van der Waals surface area (Å²) >= 11 is 0. The molecule has 1 fully saturated rings. The Morgan fingerprint density at radius 1 is 0.951 bits per heavy atom. The number of carbonyl (C=O) groups excluding carboxylic acids is 2. The highest BCUT2D eigenvalue weighted by Gasteiger charge is 2.51. The quantitative estimate of drug-likeness (QED) is 0.282. The highest BCUT2D eigenvalue weighted by atomic mass is 19.4. The zero-order valence-electron chi connectivity index (χ0n) is 22.4. The molecule has 2 aliphatic rings. The molecule has 3 aromatic rings. The lowest BCUT2D eigenvalue weighted by molar-refractivity contribution is -0.137. The maximum absolute atomic E-state index is 13.8. The van der Waals surface area contributed by atoms with Gasteiger partial charge in [-0.2, -0.15) is 13.2 Å². The second-order valence-corrected chi connectivity index (χ2v) is 10.7. The molecule has 1 heterocycles. The highest BCUT2D eigenvalue weighted by Crippen LogP contribution is 2.51. The lowest BCUT2D eigenvalue weighted by atomic mass is 9.86. The number of ketones is 1. The number of nitrogens with one attached hydrogen (secondary N) is 1. The van der Waals surface area contributed by atoms with Gasteiger partial charge in [-0.1, -0.05) is 31.7 Å². The van der Waals surface area contributed by atoms with Crippen LogP contribution in [0.5, 0.6) is 11.5 Å². The first-order valence-electron chi connectivity index (χ1n) is 13.2. The van der Waals surface area contributed by atoms with Gasteiger partial charge in [0.2, 0.25) is 6.79 Å². The van der Waals surface area contributed by atoms with Crippen molar-refractivity contribution in [3.05, 3.63) is 82.9 Å². The van der Waals surface area contributed by atoms with Crippen LogP contribution in [-0.4, -0.2) is 50.6 Å². The smallest absolute Gasteiger partial charge is 0.416 e. The summed E-state index contributed by atoms with van der Waals surface area (Å²) in [6.45, 7) is 1.49. The lowest BCUT2D eigenvalue weighted by Gasteiger charge is -2.17. The Morgan fingerprint density at radius 3 is 2.32 bits per heavy atom. The third kappa shape index (κ3) is 6.73. The number of hydrogen-bond donors (Lipinski definition) is 1. The van der Waals surface area contributed by atoms with Gasteiger partial charge >= 0.3 is 6.18 Å². The maximum Gasteiger partial charge on any atom is 0.416 e. The van der Waals surface area contributed by atoms with Crippen molar-refractivity contribution in [3.63, 3.8) is 0 Å². The summed E-state index contributed by atoms with van der Waals surface area (Å²) in [6, 6.07) is 15.6. The minimum atomic E-state index is -4.57. The number of halogens is 3. The molecule has 9 heteroatoms. The van der Waals surface area contributed by atoms with E-state index in [4.69, 9.17) is 9.47 Å². The molecule has 1 aliphatic carbocycles. The average Bonchev–Trinajstić information content (AvgIpc) is 3.61. The van der Waals surface area contributed by atoms with E-state index >= 15 is 0 Å². The number of hydrogen-bond acceptors (Lipinski definition) is 5. The van der Waals surface area contributed by atoms with E-state index in [0.717, 1.165) is 30.7 Å². The summed E-state index contributed by atoms with van der Waals surface area (Å²) in [5.74, 6) is 0.822. The summed E-state index contributed by atoms with van der Waals surface area (Å²) in [4.78, 5) is 27.9. The van der Waals surface area contributed by atoms with Crippen molar-refractivity contribution in [2.45, 2.75) is 44.7 Å². The molecule has 6 nitrogen and oxygen atoms in total. The van der Waals surface area contributed by atoms with Crippen molar-refractivity contribution in [1.82, 2.24) is 10.2 Å². The van der Waals surface area contributed by atoms with Gasteiger partial charge in [-0.15, -0.1) is 0 Å². The molecule has 5 rings (SSSR count). The van der Waals surface area contributed by atoms with E-state index in [2.05, 4.69) is 5.32 Å². The summed E-state index contributed by atoms with van der Waals surface area (Å²) < 4.78 is 52.3. The Balaban J connectivity index is 0.00000242. The Hall–Kier alpha value is -3.85. The first kappa shape index (κ1) is 30.1. The van der Waals surface area contributed by atoms with E-state index in [1.165, 1.54) is 0 Å². The zero-order valence-corrected chi connectivity index (χ0v) is 22.4. The van der Waals surface area contributed by atoms with E-state index in [9.17, 15) is 22.8 Å². The second kappa shape index (κ2) is 11.9. The Kier molecular flexibility index (Phi) is 8.77. The number of alkyl halides is 3. The molecule has 0 unspecified atom stereocenters. The van der Waals surface area contributed by atoms with Gasteiger partial charge in [-0.25, -0.2) is 0 Å². The number of rotatable bonds is 10. The predicted molar refractivity (Wildman–Crippen MR) is 153 cm³/mol. The molecule has 0 bridgehead atoms. The van der Waals surface area contributed by atoms with Gasteiger partial charge in [0, 0.05) is 20.0 Å². The minimum absolute atomic E-state index is 0. The van der Waals surface area contributed by atoms with Crippen LogP contribution in [0.2, 0.25) is 0 Å². The Morgan fingerprint density at radius 2 is 1.66 bits per heavy atom. The van der Waals surface area contributed by atoms with Crippen LogP contribution in [0.15, 0.2) is 60.7 Å². The van der Waals surface area contributed by atoms with Crippen LogP contribution >= 0.6 is 0 Å². The fourth-order valence-corrected chi connectivity index (χ4v) is 5.04. The minimum Gasteiger partial charge on any atom is -0.454 e. The average molecular weight is 571 g/mol. The molecule has 1 N–H and O–H groups in total. The van der Waals surface area contributed by atoms with Gasteiger partial charge in [0.1, 0.15) is 5.78 Å². The van der Waals surface area contributed by atoms with E-state index in [0.29, 0.717) is 53.1 Å². The molecule has 1 saturated carbocycles. The van der Waals surface area contributed by atoms with Gasteiger partial charge in [-0.3, -0.25) is 9.59 Å². The zero-order chi connectivity index (χ0) is 28.5. The van der Waals surface area contributed by atoms with Crippen molar-refractivity contribution < 1.29 is 33.7 Å². The van der Waals surface area contributed by atoms with Crippen molar-refractivity contribution in [3.8, 4) is 22.6 Å². The van der Waals surface area contributed by atoms with Crippen LogP contribution in [-0.2, 0) is 22.8 Å². The third-order valence-corrected chi connectivity index (χ3v) is 7.44.